The van der Waals surface area contributed by atoms with Crippen molar-refractivity contribution in [1.29, 1.82) is 0 Å². The Morgan fingerprint density at radius 3 is 1.36 bits per heavy atom. The van der Waals surface area contributed by atoms with Gasteiger partial charge in [0.1, 0.15) is 12.6 Å². The highest BCUT2D eigenvalue weighted by Crippen LogP contribution is 2.15. The summed E-state index contributed by atoms with van der Waals surface area (Å²) in [6, 6.07) is -0.729. The highest BCUT2D eigenvalue weighted by atomic mass is 16.6. The molecule has 0 saturated heterocycles. The quantitative estimate of drug-likeness (QED) is 0.0261. The largest absolute Gasteiger partial charge is 0.544 e. The predicted octanol–water partition coefficient (Wildman–Crippen LogP) is 12.3. The minimum atomic E-state index is -1.13. The van der Waals surface area contributed by atoms with Gasteiger partial charge in [-0.2, -0.15) is 0 Å². The Balaban J connectivity index is 4.33. The first kappa shape index (κ1) is 56.3. The second kappa shape index (κ2) is 42.0. The third-order valence-electron chi connectivity index (χ3n) is 10.7. The van der Waals surface area contributed by atoms with E-state index in [0.29, 0.717) is 12.8 Å². The average Bonchev–Trinajstić information content (AvgIpc) is 3.19. The van der Waals surface area contributed by atoms with E-state index in [1.54, 1.807) is 21.1 Å². The molecule has 0 amide bonds. The number of aliphatic carboxylic acids is 1. The second-order valence-electron chi connectivity index (χ2n) is 17.4. The van der Waals surface area contributed by atoms with Gasteiger partial charge in [0.05, 0.1) is 40.3 Å². The number of carbonyl (C=O) groups is 3. The Kier molecular flexibility index (Phi) is 40.1. The fraction of sp³-hybridized carbons (Fsp3) is 0.784. The van der Waals surface area contributed by atoms with Gasteiger partial charge in [-0.25, -0.2) is 0 Å². The number of rotatable bonds is 43. The highest BCUT2D eigenvalue weighted by Gasteiger charge is 2.25. The number of allylic oxidation sites excluding steroid dienone is 8. The van der Waals surface area contributed by atoms with Crippen LogP contribution >= 0.6 is 0 Å². The lowest BCUT2D eigenvalue weighted by Crippen LogP contribution is -2.55. The van der Waals surface area contributed by atoms with Gasteiger partial charge >= 0.3 is 11.9 Å². The number of hydrogen-bond acceptors (Lipinski definition) is 7. The molecule has 59 heavy (non-hydrogen) atoms. The van der Waals surface area contributed by atoms with Crippen LogP contribution < -0.4 is 5.11 Å². The van der Waals surface area contributed by atoms with E-state index in [1.807, 2.05) is 0 Å². The molecule has 0 fully saturated rings. The molecule has 0 aromatic heterocycles. The summed E-state index contributed by atoms with van der Waals surface area (Å²) in [6.45, 7) is 4.63. The number of ether oxygens (including phenoxy) is 3. The Morgan fingerprint density at radius 1 is 0.508 bits per heavy atom. The van der Waals surface area contributed by atoms with Crippen LogP contribution in [0.5, 0.6) is 0 Å². The summed E-state index contributed by atoms with van der Waals surface area (Å²) < 4.78 is 17.2. The number of carboxylic acids is 1. The zero-order valence-corrected chi connectivity index (χ0v) is 38.9. The van der Waals surface area contributed by atoms with Crippen LogP contribution in [0.25, 0.3) is 0 Å². The van der Waals surface area contributed by atoms with Crippen molar-refractivity contribution in [2.45, 2.75) is 219 Å². The van der Waals surface area contributed by atoms with Gasteiger partial charge in [-0.1, -0.05) is 178 Å². The molecule has 342 valence electrons. The molecule has 0 spiro atoms. The van der Waals surface area contributed by atoms with Gasteiger partial charge in [-0.15, -0.1) is 0 Å². The van der Waals surface area contributed by atoms with Crippen molar-refractivity contribution >= 4 is 17.9 Å². The highest BCUT2D eigenvalue weighted by molar-refractivity contribution is 5.70. The van der Waals surface area contributed by atoms with Crippen LogP contribution in [0, 0.1) is 0 Å². The van der Waals surface area contributed by atoms with Crippen LogP contribution in [-0.4, -0.2) is 75.5 Å². The normalized spacial score (nSPS) is 13.3. The van der Waals surface area contributed by atoms with E-state index in [4.69, 9.17) is 14.2 Å². The first-order valence-electron chi connectivity index (χ1n) is 24.2. The van der Waals surface area contributed by atoms with Gasteiger partial charge in [0.15, 0.2) is 6.10 Å². The number of quaternary nitrogens is 1. The smallest absolute Gasteiger partial charge is 0.306 e. The summed E-state index contributed by atoms with van der Waals surface area (Å²) in [5, 5.41) is 11.6. The van der Waals surface area contributed by atoms with Gasteiger partial charge in [0.2, 0.25) is 0 Å². The Bertz CT molecular complexity index is 1110. The lowest BCUT2D eigenvalue weighted by Gasteiger charge is -2.34. The third-order valence-corrected chi connectivity index (χ3v) is 10.7. The molecule has 0 bridgehead atoms. The summed E-state index contributed by atoms with van der Waals surface area (Å²) in [5.41, 5.74) is 0. The van der Waals surface area contributed by atoms with Crippen LogP contribution in [0.1, 0.15) is 206 Å². The number of nitrogens with zero attached hydrogens (tertiary/aromatic N) is 1. The van der Waals surface area contributed by atoms with Crippen molar-refractivity contribution < 1.29 is 38.2 Å². The maximum absolute atomic E-state index is 12.8. The molecule has 8 nitrogen and oxygen atoms in total. The van der Waals surface area contributed by atoms with Crippen LogP contribution in [0.2, 0.25) is 0 Å². The molecule has 0 aliphatic carbocycles. The molecule has 2 unspecified atom stereocenters. The maximum atomic E-state index is 12.8. The summed E-state index contributed by atoms with van der Waals surface area (Å²) in [6.07, 6.45) is 49.9. The van der Waals surface area contributed by atoms with E-state index in [9.17, 15) is 19.5 Å². The second-order valence-corrected chi connectivity index (χ2v) is 17.4. The molecule has 0 heterocycles. The third kappa shape index (κ3) is 40.5. The first-order chi connectivity index (χ1) is 28.6. The number of hydrogen-bond donors (Lipinski definition) is 0. The lowest BCUT2D eigenvalue weighted by atomic mass is 10.0. The minimum absolute atomic E-state index is 0.0340. The summed E-state index contributed by atoms with van der Waals surface area (Å²) in [7, 11) is 5.40. The SMILES string of the molecule is CCCCC/C=C/C/C=C/C/C=C/C/C=C/CCCCCCCC(=O)OC(COCCC(C(=O)[O-])[N+](C)(C)C)COC(=O)CCCCCCCCCCCCCCCC. The molecule has 2 atom stereocenters. The van der Waals surface area contributed by atoms with Crippen LogP contribution in [0.15, 0.2) is 48.6 Å². The molecule has 0 radical (unpaired) electrons. The molecule has 0 aromatic rings. The van der Waals surface area contributed by atoms with Gasteiger partial charge in [-0.05, 0) is 57.8 Å². The molecule has 0 aromatic carbocycles. The zero-order chi connectivity index (χ0) is 43.5. The van der Waals surface area contributed by atoms with Gasteiger partial charge in [0, 0.05) is 19.3 Å². The fourth-order valence-electron chi connectivity index (χ4n) is 6.94. The minimum Gasteiger partial charge on any atom is -0.544 e. The van der Waals surface area contributed by atoms with Crippen LogP contribution in [0.3, 0.4) is 0 Å². The van der Waals surface area contributed by atoms with Gasteiger partial charge in [-0.3, -0.25) is 9.59 Å². The number of carbonyl (C=O) groups excluding carboxylic acids is 3. The summed E-state index contributed by atoms with van der Waals surface area (Å²) >= 11 is 0. The molecular formula is C51H91NO7. The van der Waals surface area contributed by atoms with Crippen LogP contribution in [0.4, 0.5) is 0 Å². The summed E-state index contributed by atoms with van der Waals surface area (Å²) in [4.78, 5) is 36.9. The predicted molar refractivity (Wildman–Crippen MR) is 245 cm³/mol. The molecule has 0 N–H and O–H groups in total. The Morgan fingerprint density at radius 2 is 0.898 bits per heavy atom. The van der Waals surface area contributed by atoms with E-state index in [1.165, 1.54) is 96.3 Å². The van der Waals surface area contributed by atoms with Crippen molar-refractivity contribution in [2.75, 3.05) is 41.0 Å². The van der Waals surface area contributed by atoms with Gasteiger partial charge in [0.25, 0.3) is 0 Å². The van der Waals surface area contributed by atoms with E-state index < -0.39 is 18.1 Å². The molecule has 0 aliphatic rings. The topological polar surface area (TPSA) is 102 Å². The van der Waals surface area contributed by atoms with Gasteiger partial charge < -0.3 is 28.6 Å². The molecular weight excluding hydrogens is 739 g/mol. The van der Waals surface area contributed by atoms with Crippen molar-refractivity contribution in [2.24, 2.45) is 0 Å². The molecule has 0 rings (SSSR count). The van der Waals surface area contributed by atoms with Crippen molar-refractivity contribution in [3.8, 4) is 0 Å². The molecule has 0 aliphatic heterocycles. The van der Waals surface area contributed by atoms with Crippen molar-refractivity contribution in [1.82, 2.24) is 0 Å². The number of carboxylic acid groups (broad SMARTS) is 1. The zero-order valence-electron chi connectivity index (χ0n) is 38.9. The van der Waals surface area contributed by atoms with E-state index in [2.05, 4.69) is 62.5 Å². The Hall–Kier alpha value is -2.71. The standard InChI is InChI=1S/C51H91NO7/c1-6-8-10-12-14-16-18-20-22-23-24-25-26-27-28-30-32-34-36-38-40-42-50(54)59-47(45-57-44-43-48(51(55)56)52(3,4)5)46-58-49(53)41-39-37-35-33-31-29-21-19-17-15-13-11-9-7-2/h14,16,20,22,24-25,27-28,47-48H,6-13,15,17-19,21,23,26,29-46H2,1-5H3/b16-14+,22-20+,25-24+,28-27+. The van der Waals surface area contributed by atoms with Crippen molar-refractivity contribution in [3.63, 3.8) is 0 Å². The monoisotopic (exact) mass is 830 g/mol. The Labute approximate surface area is 363 Å². The number of likely N-dealkylation sites (N-methyl/N-ethyl adjacent to an activating group) is 1. The number of unbranched alkanes of at least 4 members (excludes halogenated alkanes) is 21. The molecule has 0 saturated carbocycles. The molecule has 8 heteroatoms. The maximum Gasteiger partial charge on any atom is 0.306 e. The fourth-order valence-corrected chi connectivity index (χ4v) is 6.94. The average molecular weight is 830 g/mol. The lowest BCUT2D eigenvalue weighted by molar-refractivity contribution is -0.889. The number of esters is 2. The van der Waals surface area contributed by atoms with Crippen LogP contribution in [-0.2, 0) is 28.6 Å². The van der Waals surface area contributed by atoms with E-state index in [0.717, 1.165) is 77.0 Å². The van der Waals surface area contributed by atoms with Crippen molar-refractivity contribution in [3.05, 3.63) is 48.6 Å². The van der Waals surface area contributed by atoms with E-state index in [-0.39, 0.29) is 42.7 Å². The van der Waals surface area contributed by atoms with E-state index >= 15 is 0 Å². The summed E-state index contributed by atoms with van der Waals surface area (Å²) in [5.74, 6) is -1.75. The first-order valence-corrected chi connectivity index (χ1v) is 24.2.